The number of amides is 2. The predicted molar refractivity (Wildman–Crippen MR) is 96.0 cm³/mol. The van der Waals surface area contributed by atoms with Gasteiger partial charge in [-0.25, -0.2) is 4.98 Å². The van der Waals surface area contributed by atoms with E-state index in [0.717, 1.165) is 31.7 Å². The highest BCUT2D eigenvalue weighted by molar-refractivity contribution is 5.81. The molecule has 2 N–H and O–H groups in total. The molecule has 3 rings (SSSR count). The van der Waals surface area contributed by atoms with Crippen LogP contribution in [-0.2, 0) is 9.59 Å². The number of hydrogen-bond acceptors (Lipinski definition) is 5. The SMILES string of the molecule is CC(=O)N1C[C@@H](N)CC[C@@H](C(=O)N2CCN(c3ccccn3)CC2)C1. The minimum Gasteiger partial charge on any atom is -0.353 e. The summed E-state index contributed by atoms with van der Waals surface area (Å²) in [6.07, 6.45) is 3.33. The Morgan fingerprint density at radius 3 is 2.48 bits per heavy atom. The number of nitrogens with two attached hydrogens (primary N) is 1. The molecule has 0 aliphatic carbocycles. The van der Waals surface area contributed by atoms with Gasteiger partial charge in [0.1, 0.15) is 5.82 Å². The molecular formula is C18H27N5O2. The molecule has 0 radical (unpaired) electrons. The van der Waals surface area contributed by atoms with Crippen molar-refractivity contribution in [2.24, 2.45) is 11.7 Å². The molecule has 2 aliphatic rings. The molecule has 136 valence electrons. The Morgan fingerprint density at radius 2 is 1.84 bits per heavy atom. The Bertz CT molecular complexity index is 601. The highest BCUT2D eigenvalue weighted by Crippen LogP contribution is 2.20. The van der Waals surface area contributed by atoms with Gasteiger partial charge in [0.2, 0.25) is 11.8 Å². The third-order valence-electron chi connectivity index (χ3n) is 5.14. The topological polar surface area (TPSA) is 82.8 Å². The van der Waals surface area contributed by atoms with Crippen LogP contribution in [-0.4, -0.2) is 71.9 Å². The highest BCUT2D eigenvalue weighted by Gasteiger charge is 2.32. The zero-order valence-electron chi connectivity index (χ0n) is 14.8. The number of likely N-dealkylation sites (tertiary alicyclic amines) is 1. The Morgan fingerprint density at radius 1 is 1.08 bits per heavy atom. The molecule has 0 unspecified atom stereocenters. The maximum atomic E-state index is 12.9. The largest absolute Gasteiger partial charge is 0.353 e. The normalized spacial score (nSPS) is 24.8. The van der Waals surface area contributed by atoms with Gasteiger partial charge in [0.15, 0.2) is 0 Å². The molecule has 2 amide bonds. The van der Waals surface area contributed by atoms with Crippen molar-refractivity contribution in [2.75, 3.05) is 44.2 Å². The quantitative estimate of drug-likeness (QED) is 0.834. The van der Waals surface area contributed by atoms with Gasteiger partial charge in [-0.1, -0.05) is 6.07 Å². The fourth-order valence-corrected chi connectivity index (χ4v) is 3.64. The molecule has 2 fully saturated rings. The van der Waals surface area contributed by atoms with Gasteiger partial charge in [0.25, 0.3) is 0 Å². The first-order chi connectivity index (χ1) is 12.0. The van der Waals surface area contributed by atoms with E-state index in [1.165, 1.54) is 0 Å². The van der Waals surface area contributed by atoms with Gasteiger partial charge in [-0.05, 0) is 25.0 Å². The summed E-state index contributed by atoms with van der Waals surface area (Å²) in [6, 6.07) is 5.84. The number of anilines is 1. The molecule has 0 aromatic carbocycles. The van der Waals surface area contributed by atoms with E-state index >= 15 is 0 Å². The van der Waals surface area contributed by atoms with Crippen molar-refractivity contribution in [3.63, 3.8) is 0 Å². The van der Waals surface area contributed by atoms with Gasteiger partial charge >= 0.3 is 0 Å². The number of aromatic nitrogens is 1. The fraction of sp³-hybridized carbons (Fsp3) is 0.611. The predicted octanol–water partition coefficient (Wildman–Crippen LogP) is 0.316. The summed E-state index contributed by atoms with van der Waals surface area (Å²) in [4.78, 5) is 34.9. The number of carbonyl (C=O) groups is 2. The van der Waals surface area contributed by atoms with Crippen molar-refractivity contribution in [1.29, 1.82) is 0 Å². The maximum absolute atomic E-state index is 12.9. The van der Waals surface area contributed by atoms with E-state index in [1.807, 2.05) is 23.1 Å². The summed E-state index contributed by atoms with van der Waals surface area (Å²) < 4.78 is 0. The van der Waals surface area contributed by atoms with Crippen molar-refractivity contribution >= 4 is 17.6 Å². The van der Waals surface area contributed by atoms with E-state index in [1.54, 1.807) is 18.0 Å². The minimum atomic E-state index is -0.140. The molecule has 7 heteroatoms. The van der Waals surface area contributed by atoms with Gasteiger partial charge in [0, 0.05) is 58.4 Å². The van der Waals surface area contributed by atoms with Gasteiger partial charge in [-0.3, -0.25) is 9.59 Å². The highest BCUT2D eigenvalue weighted by atomic mass is 16.2. The van der Waals surface area contributed by atoms with Crippen molar-refractivity contribution in [2.45, 2.75) is 25.8 Å². The van der Waals surface area contributed by atoms with Crippen LogP contribution in [0.15, 0.2) is 24.4 Å². The van der Waals surface area contributed by atoms with Crippen molar-refractivity contribution in [3.8, 4) is 0 Å². The summed E-state index contributed by atoms with van der Waals surface area (Å²) in [5, 5.41) is 0. The van der Waals surface area contributed by atoms with Gasteiger partial charge in [-0.15, -0.1) is 0 Å². The second kappa shape index (κ2) is 7.82. The second-order valence-corrected chi connectivity index (χ2v) is 6.96. The standard InChI is InChI=1S/C18H27N5O2/c1-14(24)23-12-15(5-6-16(19)13-23)18(25)22-10-8-21(9-11-22)17-4-2-3-7-20-17/h2-4,7,15-16H,5-6,8-13,19H2,1H3/t15-,16+/m1/s1. The Balaban J connectivity index is 1.59. The lowest BCUT2D eigenvalue weighted by Gasteiger charge is -2.37. The van der Waals surface area contributed by atoms with Crippen LogP contribution in [0.1, 0.15) is 19.8 Å². The Hall–Kier alpha value is -2.15. The summed E-state index contributed by atoms with van der Waals surface area (Å²) in [5.41, 5.74) is 6.05. The molecule has 2 atom stereocenters. The van der Waals surface area contributed by atoms with Crippen LogP contribution in [0.3, 0.4) is 0 Å². The van der Waals surface area contributed by atoms with E-state index in [0.29, 0.717) is 26.2 Å². The Labute approximate surface area is 148 Å². The molecule has 1 aromatic rings. The van der Waals surface area contributed by atoms with E-state index in [2.05, 4.69) is 9.88 Å². The Kier molecular flexibility index (Phi) is 5.53. The zero-order chi connectivity index (χ0) is 17.8. The van der Waals surface area contributed by atoms with Crippen LogP contribution >= 0.6 is 0 Å². The number of carbonyl (C=O) groups excluding carboxylic acids is 2. The maximum Gasteiger partial charge on any atom is 0.227 e. The number of rotatable bonds is 2. The molecular weight excluding hydrogens is 318 g/mol. The van der Waals surface area contributed by atoms with Crippen LogP contribution in [0.4, 0.5) is 5.82 Å². The molecule has 1 aromatic heterocycles. The molecule has 0 saturated carbocycles. The van der Waals surface area contributed by atoms with Gasteiger partial charge < -0.3 is 20.4 Å². The number of nitrogens with zero attached hydrogens (tertiary/aromatic N) is 4. The number of pyridine rings is 1. The summed E-state index contributed by atoms with van der Waals surface area (Å²) >= 11 is 0. The first-order valence-electron chi connectivity index (χ1n) is 9.00. The first-order valence-corrected chi connectivity index (χ1v) is 9.00. The van der Waals surface area contributed by atoms with Crippen molar-refractivity contribution < 1.29 is 9.59 Å². The lowest BCUT2D eigenvalue weighted by molar-refractivity contribution is -0.138. The average Bonchev–Trinajstić information content (AvgIpc) is 2.84. The van der Waals surface area contributed by atoms with Crippen molar-refractivity contribution in [1.82, 2.24) is 14.8 Å². The lowest BCUT2D eigenvalue weighted by Crippen LogP contribution is -2.52. The third kappa shape index (κ3) is 4.28. The fourth-order valence-electron chi connectivity index (χ4n) is 3.64. The molecule has 0 spiro atoms. The van der Waals surface area contributed by atoms with Crippen LogP contribution in [0.25, 0.3) is 0 Å². The second-order valence-electron chi connectivity index (χ2n) is 6.96. The molecule has 7 nitrogen and oxygen atoms in total. The van der Waals surface area contributed by atoms with E-state index in [4.69, 9.17) is 5.73 Å². The summed E-state index contributed by atoms with van der Waals surface area (Å²) in [6.45, 7) is 5.53. The third-order valence-corrected chi connectivity index (χ3v) is 5.14. The van der Waals surface area contributed by atoms with Crippen LogP contribution < -0.4 is 10.6 Å². The van der Waals surface area contributed by atoms with E-state index in [9.17, 15) is 9.59 Å². The molecule has 2 aliphatic heterocycles. The first kappa shape index (κ1) is 17.7. The average molecular weight is 345 g/mol. The zero-order valence-corrected chi connectivity index (χ0v) is 14.8. The van der Waals surface area contributed by atoms with Crippen LogP contribution in [0, 0.1) is 5.92 Å². The lowest BCUT2D eigenvalue weighted by atomic mass is 10.00. The number of piperazine rings is 1. The van der Waals surface area contributed by atoms with Crippen LogP contribution in [0.2, 0.25) is 0 Å². The van der Waals surface area contributed by atoms with Gasteiger partial charge in [0.05, 0.1) is 5.92 Å². The van der Waals surface area contributed by atoms with Crippen molar-refractivity contribution in [3.05, 3.63) is 24.4 Å². The van der Waals surface area contributed by atoms with Crippen LogP contribution in [0.5, 0.6) is 0 Å². The minimum absolute atomic E-state index is 0.00452. The summed E-state index contributed by atoms with van der Waals surface area (Å²) in [5.74, 6) is 0.966. The monoisotopic (exact) mass is 345 g/mol. The molecule has 25 heavy (non-hydrogen) atoms. The van der Waals surface area contributed by atoms with E-state index in [-0.39, 0.29) is 23.8 Å². The van der Waals surface area contributed by atoms with E-state index < -0.39 is 0 Å². The number of hydrogen-bond donors (Lipinski definition) is 1. The molecule has 2 saturated heterocycles. The molecule has 3 heterocycles. The van der Waals surface area contributed by atoms with Gasteiger partial charge in [-0.2, -0.15) is 0 Å². The molecule has 0 bridgehead atoms. The smallest absolute Gasteiger partial charge is 0.227 e. The summed E-state index contributed by atoms with van der Waals surface area (Å²) in [7, 11) is 0.